The van der Waals surface area contributed by atoms with Crippen LogP contribution in [-0.2, 0) is 6.54 Å². The standard InChI is InChI=1S/C15H13BrN4O/c16-10-3-1-9(2-4-10)8-18-15-19-13-6-5-11(17)7-12(13)14(21)20-15/h1-7H,8,17H2,(H2,18,19,20,21). The fraction of sp³-hybridized carbons (Fsp3) is 0.0667. The molecule has 0 bridgehead atoms. The lowest BCUT2D eigenvalue weighted by molar-refractivity contribution is 1.06. The Labute approximate surface area is 129 Å². The molecule has 1 heterocycles. The zero-order chi connectivity index (χ0) is 14.8. The molecule has 2 aromatic carbocycles. The van der Waals surface area contributed by atoms with Gasteiger partial charge in [0.1, 0.15) is 0 Å². The van der Waals surface area contributed by atoms with Crippen molar-refractivity contribution < 1.29 is 0 Å². The first-order chi connectivity index (χ1) is 10.1. The van der Waals surface area contributed by atoms with Crippen LogP contribution in [0.4, 0.5) is 11.6 Å². The van der Waals surface area contributed by atoms with Crippen molar-refractivity contribution in [3.8, 4) is 0 Å². The first-order valence-electron chi connectivity index (χ1n) is 6.40. The summed E-state index contributed by atoms with van der Waals surface area (Å²) in [6, 6.07) is 13.0. The van der Waals surface area contributed by atoms with Crippen molar-refractivity contribution in [3.05, 3.63) is 62.9 Å². The second-order valence-electron chi connectivity index (χ2n) is 4.67. The smallest absolute Gasteiger partial charge is 0.260 e. The van der Waals surface area contributed by atoms with Gasteiger partial charge in [0.15, 0.2) is 0 Å². The van der Waals surface area contributed by atoms with E-state index in [1.807, 2.05) is 24.3 Å². The molecule has 0 atom stereocenters. The number of nitrogens with zero attached hydrogens (tertiary/aromatic N) is 1. The first-order valence-corrected chi connectivity index (χ1v) is 7.19. The molecule has 3 rings (SSSR count). The van der Waals surface area contributed by atoms with E-state index in [-0.39, 0.29) is 5.56 Å². The van der Waals surface area contributed by atoms with E-state index in [0.717, 1.165) is 10.0 Å². The van der Waals surface area contributed by atoms with E-state index in [2.05, 4.69) is 31.2 Å². The van der Waals surface area contributed by atoms with Gasteiger partial charge in [-0.25, -0.2) is 4.98 Å². The number of aromatic amines is 1. The normalized spacial score (nSPS) is 10.7. The van der Waals surface area contributed by atoms with Crippen molar-refractivity contribution in [1.82, 2.24) is 9.97 Å². The summed E-state index contributed by atoms with van der Waals surface area (Å²) >= 11 is 3.39. The van der Waals surface area contributed by atoms with Crippen molar-refractivity contribution in [2.24, 2.45) is 0 Å². The number of nitrogens with one attached hydrogen (secondary N) is 2. The van der Waals surface area contributed by atoms with Crippen molar-refractivity contribution in [1.29, 1.82) is 0 Å². The average molecular weight is 345 g/mol. The molecule has 0 aliphatic carbocycles. The number of nitrogens with two attached hydrogens (primary N) is 1. The van der Waals surface area contributed by atoms with Gasteiger partial charge in [0.25, 0.3) is 5.56 Å². The molecule has 0 saturated heterocycles. The topological polar surface area (TPSA) is 83.8 Å². The zero-order valence-corrected chi connectivity index (χ0v) is 12.6. The van der Waals surface area contributed by atoms with Crippen LogP contribution in [-0.4, -0.2) is 9.97 Å². The van der Waals surface area contributed by atoms with Crippen LogP contribution in [0.2, 0.25) is 0 Å². The molecule has 0 aliphatic rings. The highest BCUT2D eigenvalue weighted by atomic mass is 79.9. The Morgan fingerprint density at radius 2 is 1.95 bits per heavy atom. The van der Waals surface area contributed by atoms with E-state index in [0.29, 0.717) is 29.1 Å². The highest BCUT2D eigenvalue weighted by Crippen LogP contribution is 2.14. The number of rotatable bonds is 3. The molecule has 0 aliphatic heterocycles. The molecule has 6 heteroatoms. The van der Waals surface area contributed by atoms with Gasteiger partial charge in [-0.15, -0.1) is 0 Å². The summed E-state index contributed by atoms with van der Waals surface area (Å²) in [5.41, 5.74) is 7.73. The van der Waals surface area contributed by atoms with Crippen molar-refractivity contribution in [3.63, 3.8) is 0 Å². The third kappa shape index (κ3) is 3.05. The monoisotopic (exact) mass is 344 g/mol. The van der Waals surface area contributed by atoms with Crippen LogP contribution in [0.5, 0.6) is 0 Å². The Morgan fingerprint density at radius 1 is 1.19 bits per heavy atom. The van der Waals surface area contributed by atoms with E-state index >= 15 is 0 Å². The lowest BCUT2D eigenvalue weighted by Crippen LogP contribution is -2.13. The Hall–Kier alpha value is -2.34. The van der Waals surface area contributed by atoms with Crippen LogP contribution < -0.4 is 16.6 Å². The van der Waals surface area contributed by atoms with Crippen LogP contribution >= 0.6 is 15.9 Å². The molecule has 0 spiro atoms. The molecule has 4 N–H and O–H groups in total. The average Bonchev–Trinajstić information content (AvgIpc) is 2.47. The van der Waals surface area contributed by atoms with Crippen LogP contribution in [0.1, 0.15) is 5.56 Å². The summed E-state index contributed by atoms with van der Waals surface area (Å²) < 4.78 is 1.03. The van der Waals surface area contributed by atoms with Gasteiger partial charge < -0.3 is 11.1 Å². The summed E-state index contributed by atoms with van der Waals surface area (Å²) in [5.74, 6) is 0.445. The minimum absolute atomic E-state index is 0.203. The first kappa shape index (κ1) is 13.6. The van der Waals surface area contributed by atoms with Gasteiger partial charge in [-0.3, -0.25) is 9.78 Å². The van der Waals surface area contributed by atoms with Gasteiger partial charge in [-0.1, -0.05) is 28.1 Å². The molecule has 1 aromatic heterocycles. The van der Waals surface area contributed by atoms with Gasteiger partial charge >= 0.3 is 0 Å². The molecular formula is C15H13BrN4O. The van der Waals surface area contributed by atoms with Crippen LogP contribution in [0.3, 0.4) is 0 Å². The number of hydrogen-bond acceptors (Lipinski definition) is 4. The number of hydrogen-bond donors (Lipinski definition) is 3. The van der Waals surface area contributed by atoms with Gasteiger partial charge in [-0.05, 0) is 35.9 Å². The van der Waals surface area contributed by atoms with Crippen molar-refractivity contribution in [2.45, 2.75) is 6.54 Å². The summed E-state index contributed by atoms with van der Waals surface area (Å²) in [6.07, 6.45) is 0. The molecule has 0 unspecified atom stereocenters. The van der Waals surface area contributed by atoms with E-state index in [4.69, 9.17) is 5.73 Å². The molecular weight excluding hydrogens is 332 g/mol. The third-order valence-corrected chi connectivity index (χ3v) is 3.63. The molecule has 5 nitrogen and oxygen atoms in total. The SMILES string of the molecule is Nc1ccc2nc(NCc3ccc(Br)cc3)[nH]c(=O)c2c1. The molecule has 106 valence electrons. The number of halogens is 1. The lowest BCUT2D eigenvalue weighted by Gasteiger charge is -2.07. The van der Waals surface area contributed by atoms with Gasteiger partial charge in [0.2, 0.25) is 5.95 Å². The second kappa shape index (κ2) is 5.57. The Morgan fingerprint density at radius 3 is 2.71 bits per heavy atom. The van der Waals surface area contributed by atoms with Crippen molar-refractivity contribution >= 4 is 38.5 Å². The minimum atomic E-state index is -0.203. The quantitative estimate of drug-likeness (QED) is 0.638. The lowest BCUT2D eigenvalue weighted by atomic mass is 10.2. The molecule has 21 heavy (non-hydrogen) atoms. The summed E-state index contributed by atoms with van der Waals surface area (Å²) in [7, 11) is 0. The van der Waals surface area contributed by atoms with E-state index in [9.17, 15) is 4.79 Å². The van der Waals surface area contributed by atoms with Crippen LogP contribution in [0.25, 0.3) is 10.9 Å². The molecule has 0 fully saturated rings. The predicted molar refractivity (Wildman–Crippen MR) is 88.2 cm³/mol. The maximum atomic E-state index is 12.0. The Balaban J connectivity index is 1.86. The van der Waals surface area contributed by atoms with E-state index < -0.39 is 0 Å². The fourth-order valence-corrected chi connectivity index (χ4v) is 2.29. The van der Waals surface area contributed by atoms with Gasteiger partial charge in [0.05, 0.1) is 10.9 Å². The number of benzene rings is 2. The zero-order valence-electron chi connectivity index (χ0n) is 11.1. The number of fused-ring (bicyclic) bond motifs is 1. The second-order valence-corrected chi connectivity index (χ2v) is 5.59. The minimum Gasteiger partial charge on any atom is -0.399 e. The summed E-state index contributed by atoms with van der Waals surface area (Å²) in [6.45, 7) is 0.580. The molecule has 0 saturated carbocycles. The fourth-order valence-electron chi connectivity index (χ4n) is 2.03. The summed E-state index contributed by atoms with van der Waals surface area (Å²) in [4.78, 5) is 19.1. The molecule has 0 radical (unpaired) electrons. The van der Waals surface area contributed by atoms with Gasteiger partial charge in [0, 0.05) is 16.7 Å². The number of nitrogen functional groups attached to an aromatic ring is 1. The van der Waals surface area contributed by atoms with Crippen molar-refractivity contribution in [2.75, 3.05) is 11.1 Å². The number of H-pyrrole nitrogens is 1. The summed E-state index contributed by atoms with van der Waals surface area (Å²) in [5, 5.41) is 3.60. The maximum absolute atomic E-state index is 12.0. The van der Waals surface area contributed by atoms with E-state index in [1.54, 1.807) is 18.2 Å². The molecule has 0 amide bonds. The molecule has 3 aromatic rings. The predicted octanol–water partition coefficient (Wildman–Crippen LogP) is 2.88. The van der Waals surface area contributed by atoms with Crippen LogP contribution in [0.15, 0.2) is 51.7 Å². The highest BCUT2D eigenvalue weighted by Gasteiger charge is 2.04. The van der Waals surface area contributed by atoms with Crippen LogP contribution in [0, 0.1) is 0 Å². The van der Waals surface area contributed by atoms with E-state index in [1.165, 1.54) is 0 Å². The van der Waals surface area contributed by atoms with Gasteiger partial charge in [-0.2, -0.15) is 0 Å². The Kier molecular flexibility index (Phi) is 3.62. The Bertz CT molecular complexity index is 842. The highest BCUT2D eigenvalue weighted by molar-refractivity contribution is 9.10. The maximum Gasteiger partial charge on any atom is 0.260 e. The third-order valence-electron chi connectivity index (χ3n) is 3.10. The number of anilines is 2. The number of aromatic nitrogens is 2. The largest absolute Gasteiger partial charge is 0.399 e.